The fraction of sp³-hybridized carbons (Fsp3) is 0.593. The molecule has 1 aromatic rings. The molecule has 1 heterocycles. The third kappa shape index (κ3) is 5.48. The van der Waals surface area contributed by atoms with Gasteiger partial charge in [0, 0.05) is 29.3 Å². The van der Waals surface area contributed by atoms with Crippen molar-refractivity contribution in [2.45, 2.75) is 72.6 Å². The van der Waals surface area contributed by atoms with Gasteiger partial charge in [0.15, 0.2) is 17.3 Å². The summed E-state index contributed by atoms with van der Waals surface area (Å²) in [5.74, 6) is -0.152. The lowest BCUT2D eigenvalue weighted by atomic mass is 9.67. The van der Waals surface area contributed by atoms with Crippen LogP contribution < -0.4 is 9.47 Å². The third-order valence-electron chi connectivity index (χ3n) is 6.39. The van der Waals surface area contributed by atoms with E-state index < -0.39 is 11.8 Å². The normalized spacial score (nSPS) is 21.9. The zero-order valence-corrected chi connectivity index (χ0v) is 20.8. The number of carbonyl (C=O) groups is 2. The number of hydrogen-bond donors (Lipinski definition) is 0. The largest absolute Gasteiger partial charge is 0.493 e. The van der Waals surface area contributed by atoms with Crippen molar-refractivity contribution < 1.29 is 23.8 Å². The second kappa shape index (κ2) is 10.5. The van der Waals surface area contributed by atoms with Crippen molar-refractivity contribution in [3.05, 3.63) is 35.0 Å². The van der Waals surface area contributed by atoms with Crippen molar-refractivity contribution in [3.8, 4) is 11.5 Å². The van der Waals surface area contributed by atoms with Gasteiger partial charge in [-0.3, -0.25) is 14.6 Å². The zero-order valence-electron chi connectivity index (χ0n) is 20.8. The molecule has 6 heteroatoms. The molecular formula is C27H37NO5. The number of esters is 1. The summed E-state index contributed by atoms with van der Waals surface area (Å²) in [6, 6.07) is 5.65. The molecule has 2 aliphatic rings. The highest BCUT2D eigenvalue weighted by molar-refractivity contribution is 6.09. The van der Waals surface area contributed by atoms with Gasteiger partial charge in [-0.25, -0.2) is 0 Å². The Kier molecular flexibility index (Phi) is 7.98. The number of methoxy groups -OCH3 is 1. The molecule has 1 unspecified atom stereocenters. The highest BCUT2D eigenvalue weighted by atomic mass is 16.5. The van der Waals surface area contributed by atoms with Crippen molar-refractivity contribution in [2.24, 2.45) is 16.3 Å². The average molecular weight is 456 g/mol. The van der Waals surface area contributed by atoms with Crippen LogP contribution in [-0.2, 0) is 14.3 Å². The topological polar surface area (TPSA) is 74.2 Å². The minimum absolute atomic E-state index is 0.0548. The van der Waals surface area contributed by atoms with Gasteiger partial charge in [0.05, 0.1) is 20.3 Å². The molecule has 1 aliphatic carbocycles. The predicted octanol–water partition coefficient (Wildman–Crippen LogP) is 5.64. The predicted molar refractivity (Wildman–Crippen MR) is 129 cm³/mol. The molecule has 6 nitrogen and oxygen atoms in total. The molecule has 180 valence electrons. The standard InChI is InChI=1S/C27H37NO5/c1-7-9-10-13-33-26(30)23-17(3)28-19-15-27(4,5)16-20(29)25(19)24(23)18-11-12-21(32-8-2)22(14-18)31-6/h11-12,14,23-24H,7-10,13,15-16H2,1-6H3/t23?,24-/m0/s1. The van der Waals surface area contributed by atoms with E-state index in [-0.39, 0.29) is 17.2 Å². The lowest BCUT2D eigenvalue weighted by molar-refractivity contribution is -0.146. The van der Waals surface area contributed by atoms with Gasteiger partial charge in [-0.2, -0.15) is 0 Å². The first-order chi connectivity index (χ1) is 15.7. The highest BCUT2D eigenvalue weighted by Gasteiger charge is 2.46. The molecule has 0 aromatic heterocycles. The quantitative estimate of drug-likeness (QED) is 0.356. The van der Waals surface area contributed by atoms with Gasteiger partial charge < -0.3 is 14.2 Å². The molecular weight excluding hydrogens is 418 g/mol. The molecule has 0 N–H and O–H groups in total. The first-order valence-electron chi connectivity index (χ1n) is 12.0. The summed E-state index contributed by atoms with van der Waals surface area (Å²) in [7, 11) is 1.59. The minimum Gasteiger partial charge on any atom is -0.493 e. The number of unbranched alkanes of at least 4 members (excludes halogenated alkanes) is 2. The van der Waals surface area contributed by atoms with Crippen LogP contribution in [0.2, 0.25) is 0 Å². The van der Waals surface area contributed by atoms with Crippen molar-refractivity contribution in [1.82, 2.24) is 0 Å². The van der Waals surface area contributed by atoms with Gasteiger partial charge in [-0.15, -0.1) is 0 Å². The number of nitrogens with zero attached hydrogens (tertiary/aromatic N) is 1. The molecule has 0 saturated carbocycles. The smallest absolute Gasteiger partial charge is 0.315 e. The maximum atomic E-state index is 13.4. The van der Waals surface area contributed by atoms with Crippen LogP contribution in [0.3, 0.4) is 0 Å². The molecule has 0 fully saturated rings. The summed E-state index contributed by atoms with van der Waals surface area (Å²) in [5.41, 5.74) is 2.80. The third-order valence-corrected chi connectivity index (χ3v) is 6.39. The van der Waals surface area contributed by atoms with Crippen molar-refractivity contribution in [1.29, 1.82) is 0 Å². The molecule has 0 saturated heterocycles. The highest BCUT2D eigenvalue weighted by Crippen LogP contribution is 2.48. The number of benzene rings is 1. The van der Waals surface area contributed by atoms with Crippen LogP contribution in [0, 0.1) is 11.3 Å². The maximum Gasteiger partial charge on any atom is 0.315 e. The fourth-order valence-corrected chi connectivity index (χ4v) is 4.88. The Morgan fingerprint density at radius 3 is 2.58 bits per heavy atom. The lowest BCUT2D eigenvalue weighted by Gasteiger charge is -2.39. The molecule has 1 aliphatic heterocycles. The van der Waals surface area contributed by atoms with Gasteiger partial charge >= 0.3 is 5.97 Å². The molecule has 3 rings (SSSR count). The number of Topliss-reactive ketones (excluding diaryl/α,β-unsaturated/α-hetero) is 1. The van der Waals surface area contributed by atoms with E-state index in [4.69, 9.17) is 19.2 Å². The first-order valence-corrected chi connectivity index (χ1v) is 12.0. The number of ether oxygens (including phenoxy) is 3. The molecule has 0 bridgehead atoms. The Bertz CT molecular complexity index is 959. The van der Waals surface area contributed by atoms with E-state index in [1.54, 1.807) is 7.11 Å². The number of hydrogen-bond acceptors (Lipinski definition) is 6. The van der Waals surface area contributed by atoms with Crippen LogP contribution in [0.25, 0.3) is 0 Å². The van der Waals surface area contributed by atoms with Crippen molar-refractivity contribution >= 4 is 17.5 Å². The Labute approximate surface area is 197 Å². The molecule has 0 spiro atoms. The number of carbonyl (C=O) groups excluding carboxylic acids is 2. The van der Waals surface area contributed by atoms with Crippen LogP contribution in [0.1, 0.15) is 78.2 Å². The Hall–Kier alpha value is -2.63. The second-order valence-corrected chi connectivity index (χ2v) is 9.73. The van der Waals surface area contributed by atoms with Crippen LogP contribution in [0.5, 0.6) is 11.5 Å². The summed E-state index contributed by atoms with van der Waals surface area (Å²) in [6.07, 6.45) is 4.02. The number of ketones is 1. The summed E-state index contributed by atoms with van der Waals surface area (Å²) in [4.78, 5) is 31.5. The molecule has 2 atom stereocenters. The van der Waals surface area contributed by atoms with Crippen LogP contribution in [-0.4, -0.2) is 37.8 Å². The van der Waals surface area contributed by atoms with Gasteiger partial charge in [0.25, 0.3) is 0 Å². The number of aliphatic imine (C=N–C) groups is 1. The fourth-order valence-electron chi connectivity index (χ4n) is 4.88. The van der Waals surface area contributed by atoms with E-state index in [0.29, 0.717) is 48.8 Å². The Morgan fingerprint density at radius 2 is 1.91 bits per heavy atom. The van der Waals surface area contributed by atoms with E-state index in [2.05, 4.69) is 20.8 Å². The molecule has 0 amide bonds. The van der Waals surface area contributed by atoms with E-state index >= 15 is 0 Å². The van der Waals surface area contributed by atoms with E-state index in [9.17, 15) is 9.59 Å². The van der Waals surface area contributed by atoms with Gasteiger partial charge in [-0.1, -0.05) is 39.7 Å². The molecule has 33 heavy (non-hydrogen) atoms. The van der Waals surface area contributed by atoms with Crippen molar-refractivity contribution in [3.63, 3.8) is 0 Å². The number of allylic oxidation sites excluding steroid dienone is 2. The number of rotatable bonds is 9. The minimum atomic E-state index is -0.641. The van der Waals surface area contributed by atoms with Crippen LogP contribution >= 0.6 is 0 Å². The average Bonchev–Trinajstić information content (AvgIpc) is 2.75. The van der Waals surface area contributed by atoms with E-state index in [0.717, 1.165) is 30.5 Å². The Morgan fingerprint density at radius 1 is 1.15 bits per heavy atom. The van der Waals surface area contributed by atoms with Gasteiger partial charge in [0.1, 0.15) is 5.92 Å². The Balaban J connectivity index is 2.07. The van der Waals surface area contributed by atoms with Gasteiger partial charge in [-0.05, 0) is 49.8 Å². The maximum absolute atomic E-state index is 13.4. The van der Waals surface area contributed by atoms with Crippen LogP contribution in [0.4, 0.5) is 0 Å². The SMILES string of the molecule is CCCCCOC(=O)C1C(C)=NC2=C(C(=O)CC(C)(C)C2)[C@H]1c1ccc(OCC)c(OC)c1. The lowest BCUT2D eigenvalue weighted by Crippen LogP contribution is -2.39. The van der Waals surface area contributed by atoms with E-state index in [1.807, 2.05) is 32.0 Å². The summed E-state index contributed by atoms with van der Waals surface area (Å²) < 4.78 is 16.9. The van der Waals surface area contributed by atoms with Gasteiger partial charge in [0.2, 0.25) is 0 Å². The van der Waals surface area contributed by atoms with E-state index in [1.165, 1.54) is 0 Å². The second-order valence-electron chi connectivity index (χ2n) is 9.73. The summed E-state index contributed by atoms with van der Waals surface area (Å²) in [5, 5.41) is 0. The first kappa shape index (κ1) is 25.0. The molecule has 0 radical (unpaired) electrons. The van der Waals surface area contributed by atoms with Crippen molar-refractivity contribution in [2.75, 3.05) is 20.3 Å². The summed E-state index contributed by atoms with van der Waals surface area (Å²) >= 11 is 0. The summed E-state index contributed by atoms with van der Waals surface area (Å²) in [6.45, 7) is 11.0. The van der Waals surface area contributed by atoms with Crippen LogP contribution in [0.15, 0.2) is 34.5 Å². The monoisotopic (exact) mass is 455 g/mol. The zero-order chi connectivity index (χ0) is 24.2. The molecule has 1 aromatic carbocycles.